The third-order valence-corrected chi connectivity index (χ3v) is 6.62. The Morgan fingerprint density at radius 2 is 2.06 bits per heavy atom. The maximum atomic E-state index is 12.8. The number of aryl methyl sites for hydroxylation is 2. The molecule has 0 spiro atoms. The number of aromatic amines is 1. The topological polar surface area (TPSA) is 80.6 Å². The zero-order chi connectivity index (χ0) is 25.1. The molecule has 5 rings (SSSR count). The summed E-state index contributed by atoms with van der Waals surface area (Å²) in [6.07, 6.45) is 8.46. The number of nitrogens with one attached hydrogen (secondary N) is 1. The number of hydrogen-bond donors (Lipinski definition) is 1. The zero-order valence-corrected chi connectivity index (χ0v) is 20.7. The first-order valence-corrected chi connectivity index (χ1v) is 12.0. The molecule has 1 aliphatic heterocycles. The summed E-state index contributed by atoms with van der Waals surface area (Å²) >= 11 is 0. The van der Waals surface area contributed by atoms with Crippen LogP contribution in [0.15, 0.2) is 65.3 Å². The fourth-order valence-corrected chi connectivity index (χ4v) is 4.49. The van der Waals surface area contributed by atoms with E-state index < -0.39 is 0 Å². The van der Waals surface area contributed by atoms with Crippen molar-refractivity contribution in [3.05, 3.63) is 89.0 Å². The van der Waals surface area contributed by atoms with Crippen molar-refractivity contribution in [3.8, 4) is 11.5 Å². The lowest BCUT2D eigenvalue weighted by atomic mass is 9.99. The van der Waals surface area contributed by atoms with Crippen molar-refractivity contribution in [2.24, 2.45) is 0 Å². The fraction of sp³-hybridized carbons (Fsp3) is 0.241. The molecular weight excluding hydrogens is 454 g/mol. The summed E-state index contributed by atoms with van der Waals surface area (Å²) in [5.74, 6) is 1.94. The monoisotopic (exact) mass is 483 g/mol. The van der Waals surface area contributed by atoms with E-state index in [1.165, 1.54) is 16.5 Å². The summed E-state index contributed by atoms with van der Waals surface area (Å²) in [5.41, 5.74) is 6.22. The molecule has 0 radical (unpaired) electrons. The largest absolute Gasteiger partial charge is 0.493 e. The highest BCUT2D eigenvalue weighted by atomic mass is 16.5. The van der Waals surface area contributed by atoms with Crippen molar-refractivity contribution in [2.45, 2.75) is 26.9 Å². The van der Waals surface area contributed by atoms with Crippen molar-refractivity contribution < 1.29 is 18.8 Å². The van der Waals surface area contributed by atoms with Crippen LogP contribution in [0, 0.1) is 13.8 Å². The first kappa shape index (κ1) is 23.5. The summed E-state index contributed by atoms with van der Waals surface area (Å²) in [5, 5.41) is 5.18. The third-order valence-electron chi connectivity index (χ3n) is 6.62. The molecule has 0 saturated heterocycles. The second kappa shape index (κ2) is 10.2. The van der Waals surface area contributed by atoms with Gasteiger partial charge in [0.15, 0.2) is 11.5 Å². The first-order valence-electron chi connectivity index (χ1n) is 12.0. The Labute approximate surface area is 210 Å². The van der Waals surface area contributed by atoms with Crippen molar-refractivity contribution in [3.63, 3.8) is 0 Å². The van der Waals surface area contributed by atoms with Crippen LogP contribution < -0.4 is 9.47 Å². The Morgan fingerprint density at radius 3 is 2.81 bits per heavy atom. The van der Waals surface area contributed by atoms with E-state index in [-0.39, 0.29) is 5.91 Å². The lowest BCUT2D eigenvalue weighted by molar-refractivity contribution is -0.125. The number of nitrogens with zero attached hydrogens (tertiary/aromatic N) is 2. The van der Waals surface area contributed by atoms with Gasteiger partial charge in [-0.1, -0.05) is 35.5 Å². The van der Waals surface area contributed by atoms with Gasteiger partial charge in [0.25, 0.3) is 0 Å². The Bertz CT molecular complexity index is 1440. The van der Waals surface area contributed by atoms with E-state index in [1.54, 1.807) is 13.2 Å². The number of carbonyl (C=O) groups is 1. The molecule has 7 nitrogen and oxygen atoms in total. The van der Waals surface area contributed by atoms with Crippen LogP contribution in [0.25, 0.3) is 22.6 Å². The fourth-order valence-electron chi connectivity index (χ4n) is 4.49. The van der Waals surface area contributed by atoms with Gasteiger partial charge in [-0.15, -0.1) is 0 Å². The SMILES string of the molecule is COc1cc(/C=C/C(=O)N2CC=C(c3c[nH]c4ccccc34)CC2)ccc1OCc1c(C)noc1C. The number of ether oxygens (including phenoxy) is 2. The van der Waals surface area contributed by atoms with Crippen LogP contribution in [-0.4, -0.2) is 41.1 Å². The number of benzene rings is 2. The van der Waals surface area contributed by atoms with E-state index in [0.29, 0.717) is 31.2 Å². The smallest absolute Gasteiger partial charge is 0.246 e. The van der Waals surface area contributed by atoms with Gasteiger partial charge in [-0.25, -0.2) is 0 Å². The van der Waals surface area contributed by atoms with Crippen LogP contribution in [0.1, 0.15) is 34.6 Å². The second-order valence-corrected chi connectivity index (χ2v) is 8.85. The number of methoxy groups -OCH3 is 1. The molecule has 7 heteroatoms. The van der Waals surface area contributed by atoms with Gasteiger partial charge in [-0.2, -0.15) is 0 Å². The molecule has 1 amide bonds. The van der Waals surface area contributed by atoms with Crippen molar-refractivity contribution >= 4 is 28.5 Å². The Morgan fingerprint density at radius 1 is 1.19 bits per heavy atom. The minimum absolute atomic E-state index is 0.0121. The predicted molar refractivity (Wildman–Crippen MR) is 140 cm³/mol. The number of rotatable bonds is 7. The molecule has 36 heavy (non-hydrogen) atoms. The molecule has 0 unspecified atom stereocenters. The molecule has 0 fully saturated rings. The van der Waals surface area contributed by atoms with Gasteiger partial charge in [-0.3, -0.25) is 4.79 Å². The third kappa shape index (κ3) is 4.77. The van der Waals surface area contributed by atoms with Gasteiger partial charge in [0.2, 0.25) is 5.91 Å². The summed E-state index contributed by atoms with van der Waals surface area (Å²) in [6.45, 7) is 5.37. The Hall–Kier alpha value is -4.26. The van der Waals surface area contributed by atoms with Crippen molar-refractivity contribution in [1.29, 1.82) is 0 Å². The normalized spacial score (nSPS) is 13.9. The molecule has 1 aliphatic rings. The molecule has 4 aromatic rings. The number of carbonyl (C=O) groups excluding carboxylic acids is 1. The summed E-state index contributed by atoms with van der Waals surface area (Å²) in [6, 6.07) is 13.9. The predicted octanol–water partition coefficient (Wildman–Crippen LogP) is 5.69. The number of aromatic nitrogens is 2. The van der Waals surface area contributed by atoms with Gasteiger partial charge < -0.3 is 23.9 Å². The highest BCUT2D eigenvalue weighted by Gasteiger charge is 2.18. The minimum Gasteiger partial charge on any atom is -0.493 e. The maximum absolute atomic E-state index is 12.8. The number of amides is 1. The van der Waals surface area contributed by atoms with Crippen LogP contribution in [0.5, 0.6) is 11.5 Å². The molecule has 1 N–H and O–H groups in total. The summed E-state index contributed by atoms with van der Waals surface area (Å²) in [4.78, 5) is 18.0. The molecule has 0 saturated carbocycles. The molecule has 0 bridgehead atoms. The lowest BCUT2D eigenvalue weighted by Crippen LogP contribution is -2.33. The zero-order valence-electron chi connectivity index (χ0n) is 20.7. The lowest BCUT2D eigenvalue weighted by Gasteiger charge is -2.25. The molecule has 0 atom stereocenters. The molecule has 2 aromatic carbocycles. The van der Waals surface area contributed by atoms with Crippen LogP contribution in [0.3, 0.4) is 0 Å². The first-order chi connectivity index (χ1) is 17.5. The van der Waals surface area contributed by atoms with Gasteiger partial charge in [0, 0.05) is 41.8 Å². The van der Waals surface area contributed by atoms with E-state index >= 15 is 0 Å². The van der Waals surface area contributed by atoms with Crippen LogP contribution in [0.2, 0.25) is 0 Å². The van der Waals surface area contributed by atoms with Gasteiger partial charge in [0.05, 0.1) is 18.4 Å². The van der Waals surface area contributed by atoms with Gasteiger partial charge in [-0.05, 0) is 55.7 Å². The Balaban J connectivity index is 1.22. The number of para-hydroxylation sites is 1. The van der Waals surface area contributed by atoms with E-state index in [4.69, 9.17) is 14.0 Å². The van der Waals surface area contributed by atoms with Crippen molar-refractivity contribution in [2.75, 3.05) is 20.2 Å². The van der Waals surface area contributed by atoms with Gasteiger partial charge in [0.1, 0.15) is 12.4 Å². The van der Waals surface area contributed by atoms with E-state index in [0.717, 1.165) is 34.5 Å². The van der Waals surface area contributed by atoms with Crippen molar-refractivity contribution in [1.82, 2.24) is 15.0 Å². The number of hydrogen-bond acceptors (Lipinski definition) is 5. The van der Waals surface area contributed by atoms with E-state index in [2.05, 4.69) is 40.6 Å². The average Bonchev–Trinajstić information content (AvgIpc) is 3.49. The highest BCUT2D eigenvalue weighted by molar-refractivity contribution is 5.95. The molecule has 184 valence electrons. The summed E-state index contributed by atoms with van der Waals surface area (Å²) in [7, 11) is 1.60. The minimum atomic E-state index is -0.0121. The average molecular weight is 484 g/mol. The number of fused-ring (bicyclic) bond motifs is 1. The quantitative estimate of drug-likeness (QED) is 0.342. The second-order valence-electron chi connectivity index (χ2n) is 8.85. The number of H-pyrrole nitrogens is 1. The van der Waals surface area contributed by atoms with E-state index in [9.17, 15) is 4.79 Å². The molecule has 0 aliphatic carbocycles. The molecule has 2 aromatic heterocycles. The Kier molecular flexibility index (Phi) is 6.62. The van der Waals surface area contributed by atoms with Crippen LogP contribution in [0.4, 0.5) is 0 Å². The molecule has 3 heterocycles. The van der Waals surface area contributed by atoms with Crippen LogP contribution in [-0.2, 0) is 11.4 Å². The summed E-state index contributed by atoms with van der Waals surface area (Å²) < 4.78 is 16.7. The highest BCUT2D eigenvalue weighted by Crippen LogP contribution is 2.31. The van der Waals surface area contributed by atoms with E-state index in [1.807, 2.05) is 49.1 Å². The maximum Gasteiger partial charge on any atom is 0.246 e. The van der Waals surface area contributed by atoms with Crippen LogP contribution >= 0.6 is 0 Å². The standard InChI is InChI=1S/C29H29N3O4/c1-19-25(20(2)36-31-19)18-35-27-10-8-21(16-28(27)34-3)9-11-29(33)32-14-12-22(13-15-32)24-17-30-26-7-5-4-6-23(24)26/h4-12,16-17,30H,13-15,18H2,1-3H3/b11-9+. The molecular formula is C29H29N3O4. The van der Waals surface area contributed by atoms with Gasteiger partial charge >= 0.3 is 0 Å².